The van der Waals surface area contributed by atoms with Crippen LogP contribution in [-0.2, 0) is 22.7 Å². The number of rotatable bonds is 4. The van der Waals surface area contributed by atoms with E-state index in [-0.39, 0.29) is 17.7 Å². The van der Waals surface area contributed by atoms with Crippen LogP contribution < -0.4 is 10.5 Å². The van der Waals surface area contributed by atoms with E-state index >= 15 is 0 Å². The first kappa shape index (κ1) is 20.6. The number of hydrogen-bond donors (Lipinski definition) is 1. The Morgan fingerprint density at radius 1 is 1.12 bits per heavy atom. The second-order valence-electron chi connectivity index (χ2n) is 7.72. The molecule has 32 heavy (non-hydrogen) atoms. The number of pyridine rings is 1. The minimum Gasteiger partial charge on any atom is -0.435 e. The van der Waals surface area contributed by atoms with Gasteiger partial charge in [-0.15, -0.1) is 0 Å². The molecule has 0 unspecified atom stereocenters. The molecule has 3 aromatic rings. The SMILES string of the molecule is Nc1nc2ccc(C(=O)N3CCOC[C@@H]3c3ccc(OC(F)F)cc3)cc2c2c1COC2. The molecule has 0 radical (unpaired) electrons. The Hall–Kier alpha value is -3.30. The number of nitrogen functional groups attached to an aromatic ring is 1. The molecule has 0 bridgehead atoms. The summed E-state index contributed by atoms with van der Waals surface area (Å²) in [5, 5.41) is 0.857. The monoisotopic (exact) mass is 441 g/mol. The van der Waals surface area contributed by atoms with Gasteiger partial charge >= 0.3 is 6.61 Å². The fourth-order valence-corrected chi connectivity index (χ4v) is 4.26. The lowest BCUT2D eigenvalue weighted by Gasteiger charge is -2.36. The number of benzene rings is 2. The zero-order chi connectivity index (χ0) is 22.2. The molecule has 9 heteroatoms. The van der Waals surface area contributed by atoms with E-state index in [4.69, 9.17) is 15.2 Å². The van der Waals surface area contributed by atoms with Crippen molar-refractivity contribution < 1.29 is 27.8 Å². The standard InChI is InChI=1S/C23H21F2N3O4/c24-23(25)32-15-4-1-13(2-5-15)20-12-30-8-7-28(20)22(29)14-3-6-19-16(9-14)17-10-31-11-18(17)21(26)27-19/h1-6,9,20,23H,7-8,10-12H2,(H2,26,27)/t20-/m1/s1. The summed E-state index contributed by atoms with van der Waals surface area (Å²) in [6, 6.07) is 11.3. The lowest BCUT2D eigenvalue weighted by molar-refractivity contribution is -0.0498. The molecule has 7 nitrogen and oxygen atoms in total. The fourth-order valence-electron chi connectivity index (χ4n) is 4.26. The Morgan fingerprint density at radius 2 is 1.91 bits per heavy atom. The summed E-state index contributed by atoms with van der Waals surface area (Å²) in [5.41, 5.74) is 9.91. The summed E-state index contributed by atoms with van der Waals surface area (Å²) < 4.78 is 40.4. The molecule has 5 rings (SSSR count). The topological polar surface area (TPSA) is 86.9 Å². The zero-order valence-corrected chi connectivity index (χ0v) is 17.1. The third kappa shape index (κ3) is 3.74. The molecule has 1 aromatic heterocycles. The van der Waals surface area contributed by atoms with Crippen molar-refractivity contribution >= 4 is 22.6 Å². The van der Waals surface area contributed by atoms with E-state index in [1.165, 1.54) is 12.1 Å². The maximum atomic E-state index is 13.5. The molecule has 2 aliphatic heterocycles. The van der Waals surface area contributed by atoms with Crippen LogP contribution in [0.3, 0.4) is 0 Å². The summed E-state index contributed by atoms with van der Waals surface area (Å²) in [4.78, 5) is 19.7. The molecule has 2 N–H and O–H groups in total. The van der Waals surface area contributed by atoms with Gasteiger partial charge < -0.3 is 24.8 Å². The van der Waals surface area contributed by atoms with Gasteiger partial charge in [-0.2, -0.15) is 8.78 Å². The number of morpholine rings is 1. The van der Waals surface area contributed by atoms with Crippen LogP contribution in [0.15, 0.2) is 42.5 Å². The molecule has 0 aliphatic carbocycles. The van der Waals surface area contributed by atoms with Gasteiger partial charge in [-0.25, -0.2) is 4.98 Å². The van der Waals surface area contributed by atoms with Crippen LogP contribution >= 0.6 is 0 Å². The lowest BCUT2D eigenvalue weighted by Crippen LogP contribution is -2.43. The molecule has 1 atom stereocenters. The Labute approximate surface area is 182 Å². The van der Waals surface area contributed by atoms with Gasteiger partial charge in [0, 0.05) is 23.1 Å². The average molecular weight is 441 g/mol. The van der Waals surface area contributed by atoms with Crippen LogP contribution in [-0.4, -0.2) is 42.2 Å². The number of amides is 1. The van der Waals surface area contributed by atoms with Crippen molar-refractivity contribution in [3.63, 3.8) is 0 Å². The van der Waals surface area contributed by atoms with E-state index in [1.54, 1.807) is 29.2 Å². The molecule has 2 aromatic carbocycles. The second-order valence-corrected chi connectivity index (χ2v) is 7.72. The van der Waals surface area contributed by atoms with Crippen LogP contribution in [0.5, 0.6) is 5.75 Å². The van der Waals surface area contributed by atoms with Crippen LogP contribution in [0.4, 0.5) is 14.6 Å². The Bertz CT molecular complexity index is 1170. The van der Waals surface area contributed by atoms with Crippen molar-refractivity contribution in [3.8, 4) is 5.75 Å². The molecule has 2 aliphatic rings. The number of ether oxygens (including phenoxy) is 3. The van der Waals surface area contributed by atoms with Gasteiger partial charge in [0.15, 0.2) is 0 Å². The van der Waals surface area contributed by atoms with E-state index in [9.17, 15) is 13.6 Å². The minimum absolute atomic E-state index is 0.0655. The summed E-state index contributed by atoms with van der Waals surface area (Å²) in [7, 11) is 0. The van der Waals surface area contributed by atoms with Crippen molar-refractivity contribution in [2.45, 2.75) is 25.9 Å². The molecular formula is C23H21F2N3O4. The van der Waals surface area contributed by atoms with Gasteiger partial charge in [0.1, 0.15) is 11.6 Å². The van der Waals surface area contributed by atoms with E-state index in [2.05, 4.69) is 9.72 Å². The van der Waals surface area contributed by atoms with Gasteiger partial charge in [-0.3, -0.25) is 4.79 Å². The van der Waals surface area contributed by atoms with E-state index in [0.717, 1.165) is 27.6 Å². The third-order valence-corrected chi connectivity index (χ3v) is 5.86. The van der Waals surface area contributed by atoms with Gasteiger partial charge in [0.25, 0.3) is 5.91 Å². The maximum absolute atomic E-state index is 13.5. The zero-order valence-electron chi connectivity index (χ0n) is 17.1. The number of carbonyl (C=O) groups excluding carboxylic acids is 1. The molecule has 3 heterocycles. The largest absolute Gasteiger partial charge is 0.435 e. The molecule has 1 amide bonds. The first-order valence-electron chi connectivity index (χ1n) is 10.2. The Morgan fingerprint density at radius 3 is 2.69 bits per heavy atom. The number of nitrogens with zero attached hydrogens (tertiary/aromatic N) is 2. The maximum Gasteiger partial charge on any atom is 0.387 e. The molecule has 0 spiro atoms. The first-order chi connectivity index (χ1) is 15.5. The summed E-state index contributed by atoms with van der Waals surface area (Å²) >= 11 is 0. The molecule has 0 saturated carbocycles. The summed E-state index contributed by atoms with van der Waals surface area (Å²) in [6.45, 7) is -0.888. The molecule has 166 valence electrons. The number of aromatic nitrogens is 1. The minimum atomic E-state index is -2.89. The number of anilines is 1. The second kappa shape index (κ2) is 8.33. The van der Waals surface area contributed by atoms with Crippen LogP contribution in [0.25, 0.3) is 10.9 Å². The summed E-state index contributed by atoms with van der Waals surface area (Å²) in [5.74, 6) is 0.380. The van der Waals surface area contributed by atoms with Crippen LogP contribution in [0.1, 0.15) is 33.1 Å². The Kier molecular flexibility index (Phi) is 5.36. The van der Waals surface area contributed by atoms with Crippen LogP contribution in [0, 0.1) is 0 Å². The Balaban J connectivity index is 1.45. The summed E-state index contributed by atoms with van der Waals surface area (Å²) in [6.07, 6.45) is 0. The highest BCUT2D eigenvalue weighted by Gasteiger charge is 2.30. The van der Waals surface area contributed by atoms with Crippen molar-refractivity contribution in [2.75, 3.05) is 25.5 Å². The van der Waals surface area contributed by atoms with Gasteiger partial charge in [-0.05, 0) is 41.5 Å². The number of nitrogens with two attached hydrogens (primary N) is 1. The highest BCUT2D eigenvalue weighted by molar-refractivity contribution is 5.99. The highest BCUT2D eigenvalue weighted by atomic mass is 19.3. The van der Waals surface area contributed by atoms with E-state index < -0.39 is 6.61 Å². The number of carbonyl (C=O) groups is 1. The number of alkyl halides is 2. The van der Waals surface area contributed by atoms with E-state index in [1.807, 2.05) is 6.07 Å². The third-order valence-electron chi connectivity index (χ3n) is 5.86. The van der Waals surface area contributed by atoms with Crippen molar-refractivity contribution in [3.05, 3.63) is 64.7 Å². The fraction of sp³-hybridized carbons (Fsp3) is 0.304. The predicted octanol–water partition coefficient (Wildman–Crippen LogP) is 3.66. The number of halogens is 2. The number of hydrogen-bond acceptors (Lipinski definition) is 6. The smallest absolute Gasteiger partial charge is 0.387 e. The normalized spacial score (nSPS) is 18.2. The molecular weight excluding hydrogens is 420 g/mol. The highest BCUT2D eigenvalue weighted by Crippen LogP contribution is 2.33. The van der Waals surface area contributed by atoms with Crippen LogP contribution in [0.2, 0.25) is 0 Å². The number of fused-ring (bicyclic) bond motifs is 3. The predicted molar refractivity (Wildman–Crippen MR) is 112 cm³/mol. The quantitative estimate of drug-likeness (QED) is 0.665. The average Bonchev–Trinajstić information content (AvgIpc) is 3.30. The lowest BCUT2D eigenvalue weighted by atomic mass is 10.0. The van der Waals surface area contributed by atoms with Gasteiger partial charge in [0.05, 0.1) is 38.0 Å². The molecule has 1 fully saturated rings. The van der Waals surface area contributed by atoms with E-state index in [0.29, 0.717) is 44.4 Å². The first-order valence-corrected chi connectivity index (χ1v) is 10.2. The molecule has 1 saturated heterocycles. The van der Waals surface area contributed by atoms with Gasteiger partial charge in [-0.1, -0.05) is 12.1 Å². The van der Waals surface area contributed by atoms with Crippen molar-refractivity contribution in [1.82, 2.24) is 9.88 Å². The van der Waals surface area contributed by atoms with Crippen molar-refractivity contribution in [1.29, 1.82) is 0 Å². The van der Waals surface area contributed by atoms with Crippen molar-refractivity contribution in [2.24, 2.45) is 0 Å². The van der Waals surface area contributed by atoms with Gasteiger partial charge in [0.2, 0.25) is 0 Å².